The third kappa shape index (κ3) is 4.92. The number of benzene rings is 3. The van der Waals surface area contributed by atoms with Crippen LogP contribution in [0.3, 0.4) is 0 Å². The Kier molecular flexibility index (Phi) is 6.41. The molecule has 0 spiro atoms. The molecular weight excluding hydrogens is 404 g/mol. The quantitative estimate of drug-likeness (QED) is 0.439. The second kappa shape index (κ2) is 9.75. The molecule has 0 fully saturated rings. The zero-order valence-corrected chi connectivity index (χ0v) is 17.6. The Bertz CT molecular complexity index is 1240. The minimum Gasteiger partial charge on any atom is -0.488 e. The summed E-state index contributed by atoms with van der Waals surface area (Å²) in [5.74, 6) is -0.103. The summed E-state index contributed by atoms with van der Waals surface area (Å²) in [6.45, 7) is 0.692. The van der Waals surface area contributed by atoms with E-state index in [4.69, 9.17) is 9.47 Å². The molecular formula is C26H22N2O4. The predicted octanol–water partition coefficient (Wildman–Crippen LogP) is 4.53. The van der Waals surface area contributed by atoms with Gasteiger partial charge >= 0.3 is 5.97 Å². The molecule has 0 bridgehead atoms. The van der Waals surface area contributed by atoms with Gasteiger partial charge in [-0.05, 0) is 35.4 Å². The molecule has 4 aromatic rings. The average Bonchev–Trinajstić information content (AvgIpc) is 2.86. The maximum Gasteiger partial charge on any atom is 0.337 e. The number of para-hydroxylation sites is 1. The van der Waals surface area contributed by atoms with Crippen molar-refractivity contribution in [3.63, 3.8) is 0 Å². The molecule has 1 amide bonds. The SMILES string of the molecule is COC(=O)c1ccc(CNC(=O)c2cc(OCc3ccccc3)c3ccccc3n2)cc1. The number of esters is 1. The third-order valence-corrected chi connectivity index (χ3v) is 4.98. The van der Waals surface area contributed by atoms with Crippen LogP contribution in [0.15, 0.2) is 84.9 Å². The van der Waals surface area contributed by atoms with Crippen molar-refractivity contribution in [2.75, 3.05) is 7.11 Å². The van der Waals surface area contributed by atoms with E-state index >= 15 is 0 Å². The lowest BCUT2D eigenvalue weighted by molar-refractivity contribution is 0.0600. The average molecular weight is 426 g/mol. The monoisotopic (exact) mass is 426 g/mol. The van der Waals surface area contributed by atoms with Crippen LogP contribution in [-0.4, -0.2) is 24.0 Å². The predicted molar refractivity (Wildman–Crippen MR) is 121 cm³/mol. The van der Waals surface area contributed by atoms with Crippen molar-refractivity contribution >= 4 is 22.8 Å². The zero-order valence-electron chi connectivity index (χ0n) is 17.6. The van der Waals surface area contributed by atoms with E-state index < -0.39 is 5.97 Å². The lowest BCUT2D eigenvalue weighted by atomic mass is 10.1. The standard InChI is InChI=1S/C26H22N2O4/c1-31-26(30)20-13-11-18(12-14-20)16-27-25(29)23-15-24(21-9-5-6-10-22(21)28-23)32-17-19-7-3-2-4-8-19/h2-15H,16-17H2,1H3,(H,27,29). The molecule has 3 aromatic carbocycles. The molecule has 4 rings (SSSR count). The van der Waals surface area contributed by atoms with Crippen LogP contribution < -0.4 is 10.1 Å². The van der Waals surface area contributed by atoms with Crippen molar-refractivity contribution in [1.29, 1.82) is 0 Å². The first-order valence-electron chi connectivity index (χ1n) is 10.2. The van der Waals surface area contributed by atoms with Gasteiger partial charge in [-0.3, -0.25) is 4.79 Å². The Morgan fingerprint density at radius 3 is 2.34 bits per heavy atom. The van der Waals surface area contributed by atoms with Crippen LogP contribution >= 0.6 is 0 Å². The summed E-state index contributed by atoms with van der Waals surface area (Å²) in [5.41, 5.74) is 3.31. The number of amides is 1. The van der Waals surface area contributed by atoms with Crippen molar-refractivity contribution in [1.82, 2.24) is 10.3 Å². The first kappa shape index (κ1) is 21.1. The molecule has 1 aromatic heterocycles. The number of ether oxygens (including phenoxy) is 2. The smallest absolute Gasteiger partial charge is 0.337 e. The maximum atomic E-state index is 12.8. The van der Waals surface area contributed by atoms with Crippen molar-refractivity contribution in [2.24, 2.45) is 0 Å². The molecule has 6 nitrogen and oxygen atoms in total. The summed E-state index contributed by atoms with van der Waals surface area (Å²) in [5, 5.41) is 3.72. The van der Waals surface area contributed by atoms with Gasteiger partial charge in [0.2, 0.25) is 0 Å². The van der Waals surface area contributed by atoms with Gasteiger partial charge in [0.05, 0.1) is 18.2 Å². The topological polar surface area (TPSA) is 77.5 Å². The molecule has 0 atom stereocenters. The highest BCUT2D eigenvalue weighted by molar-refractivity contribution is 5.97. The molecule has 0 saturated heterocycles. The van der Waals surface area contributed by atoms with Gasteiger partial charge in [-0.15, -0.1) is 0 Å². The Morgan fingerprint density at radius 2 is 1.59 bits per heavy atom. The molecule has 1 N–H and O–H groups in total. The van der Waals surface area contributed by atoms with Crippen molar-refractivity contribution in [2.45, 2.75) is 13.2 Å². The second-order valence-corrected chi connectivity index (χ2v) is 7.17. The zero-order chi connectivity index (χ0) is 22.3. The minimum absolute atomic E-state index is 0.276. The Balaban J connectivity index is 1.50. The number of nitrogens with zero attached hydrogens (tertiary/aromatic N) is 1. The van der Waals surface area contributed by atoms with E-state index in [9.17, 15) is 9.59 Å². The molecule has 160 valence electrons. The molecule has 0 aliphatic rings. The number of pyridine rings is 1. The summed E-state index contributed by atoms with van der Waals surface area (Å²) in [7, 11) is 1.34. The van der Waals surface area contributed by atoms with Gasteiger partial charge in [-0.2, -0.15) is 0 Å². The summed E-state index contributed by atoms with van der Waals surface area (Å²) in [4.78, 5) is 28.9. The molecule has 0 aliphatic carbocycles. The molecule has 1 heterocycles. The molecule has 32 heavy (non-hydrogen) atoms. The Morgan fingerprint density at radius 1 is 0.875 bits per heavy atom. The number of hydrogen-bond donors (Lipinski definition) is 1. The number of rotatable bonds is 7. The third-order valence-electron chi connectivity index (χ3n) is 4.98. The maximum absolute atomic E-state index is 12.8. The van der Waals surface area contributed by atoms with E-state index in [1.807, 2.05) is 54.6 Å². The minimum atomic E-state index is -0.399. The molecule has 0 saturated carbocycles. The van der Waals surface area contributed by atoms with Gasteiger partial charge in [0.25, 0.3) is 5.91 Å². The van der Waals surface area contributed by atoms with E-state index in [2.05, 4.69) is 10.3 Å². The number of methoxy groups -OCH3 is 1. The number of hydrogen-bond acceptors (Lipinski definition) is 5. The first-order valence-corrected chi connectivity index (χ1v) is 10.2. The number of fused-ring (bicyclic) bond motifs is 1. The highest BCUT2D eigenvalue weighted by Crippen LogP contribution is 2.26. The van der Waals surface area contributed by atoms with Gasteiger partial charge in [0, 0.05) is 18.0 Å². The first-order chi connectivity index (χ1) is 15.6. The van der Waals surface area contributed by atoms with Crippen LogP contribution in [0.25, 0.3) is 10.9 Å². The number of nitrogens with one attached hydrogen (secondary N) is 1. The largest absolute Gasteiger partial charge is 0.488 e. The summed E-state index contributed by atoms with van der Waals surface area (Å²) in [6, 6.07) is 26.0. The van der Waals surface area contributed by atoms with Crippen LogP contribution in [0.4, 0.5) is 0 Å². The van der Waals surface area contributed by atoms with E-state index in [1.165, 1.54) is 7.11 Å². The van der Waals surface area contributed by atoms with Crippen molar-refractivity contribution in [3.05, 3.63) is 107 Å². The Hall–Kier alpha value is -4.19. The fourth-order valence-electron chi connectivity index (χ4n) is 3.26. The van der Waals surface area contributed by atoms with Crippen LogP contribution in [0, 0.1) is 0 Å². The fourth-order valence-corrected chi connectivity index (χ4v) is 3.26. The van der Waals surface area contributed by atoms with Gasteiger partial charge in [-0.25, -0.2) is 9.78 Å². The lowest BCUT2D eigenvalue weighted by Crippen LogP contribution is -2.24. The highest BCUT2D eigenvalue weighted by atomic mass is 16.5. The second-order valence-electron chi connectivity index (χ2n) is 7.17. The van der Waals surface area contributed by atoms with Crippen LogP contribution in [0.5, 0.6) is 5.75 Å². The van der Waals surface area contributed by atoms with Crippen LogP contribution in [-0.2, 0) is 17.9 Å². The Labute approximate surface area is 185 Å². The van der Waals surface area contributed by atoms with Gasteiger partial charge in [0.15, 0.2) is 0 Å². The van der Waals surface area contributed by atoms with Gasteiger partial charge < -0.3 is 14.8 Å². The summed E-state index contributed by atoms with van der Waals surface area (Å²) >= 11 is 0. The van der Waals surface area contributed by atoms with E-state index in [1.54, 1.807) is 30.3 Å². The summed E-state index contributed by atoms with van der Waals surface area (Å²) in [6.07, 6.45) is 0. The van der Waals surface area contributed by atoms with Crippen molar-refractivity contribution in [3.8, 4) is 5.75 Å². The molecule has 0 aliphatic heterocycles. The molecule has 0 unspecified atom stereocenters. The number of aromatic nitrogens is 1. The fraction of sp³-hybridized carbons (Fsp3) is 0.115. The molecule has 0 radical (unpaired) electrons. The number of carbonyl (C=O) groups excluding carboxylic acids is 2. The summed E-state index contributed by atoms with van der Waals surface area (Å²) < 4.78 is 10.7. The van der Waals surface area contributed by atoms with Crippen LogP contribution in [0.2, 0.25) is 0 Å². The lowest BCUT2D eigenvalue weighted by Gasteiger charge is -2.12. The molecule has 6 heteroatoms. The van der Waals surface area contributed by atoms with Crippen molar-refractivity contribution < 1.29 is 19.1 Å². The van der Waals surface area contributed by atoms with E-state index in [0.717, 1.165) is 16.5 Å². The normalized spacial score (nSPS) is 10.5. The van der Waals surface area contributed by atoms with E-state index in [-0.39, 0.29) is 11.6 Å². The van der Waals surface area contributed by atoms with E-state index in [0.29, 0.717) is 30.0 Å². The van der Waals surface area contributed by atoms with Gasteiger partial charge in [0.1, 0.15) is 18.1 Å². The van der Waals surface area contributed by atoms with Crippen LogP contribution in [0.1, 0.15) is 32.0 Å². The highest BCUT2D eigenvalue weighted by Gasteiger charge is 2.13. The van der Waals surface area contributed by atoms with Gasteiger partial charge in [-0.1, -0.05) is 54.6 Å². The number of carbonyl (C=O) groups is 2.